The highest BCUT2D eigenvalue weighted by Gasteiger charge is 2.32. The molecule has 1 aliphatic heterocycles. The van der Waals surface area contributed by atoms with Crippen LogP contribution in [0.15, 0.2) is 52.9 Å². The molecule has 0 saturated heterocycles. The lowest BCUT2D eigenvalue weighted by Gasteiger charge is -2.17. The molecular weight excluding hydrogens is 354 g/mol. The number of Topliss-reactive ketones (excluding diaryl/α,β-unsaturated/α-hetero) is 1. The molecule has 0 spiro atoms. The van der Waals surface area contributed by atoms with E-state index in [0.29, 0.717) is 5.56 Å². The number of rotatable bonds is 2. The van der Waals surface area contributed by atoms with Crippen LogP contribution in [-0.4, -0.2) is 24.9 Å². The molecule has 1 heterocycles. The number of benzene rings is 2. The molecule has 0 aliphatic carbocycles. The molecule has 3 rings (SSSR count). The third kappa shape index (κ3) is 2.83. The van der Waals surface area contributed by atoms with E-state index in [1.807, 2.05) is 0 Å². The van der Waals surface area contributed by atoms with Crippen LogP contribution < -0.4 is 0 Å². The van der Waals surface area contributed by atoms with Gasteiger partial charge in [-0.2, -0.15) is 0 Å². The smallest absolute Gasteiger partial charge is 0.288 e. The minimum atomic E-state index is -3.63. The number of fused-ring (bicyclic) bond motifs is 1. The van der Waals surface area contributed by atoms with Gasteiger partial charge in [0.2, 0.25) is 0 Å². The molecule has 0 fully saturated rings. The Labute approximate surface area is 142 Å². The van der Waals surface area contributed by atoms with Crippen molar-refractivity contribution < 1.29 is 18.1 Å². The summed E-state index contributed by atoms with van der Waals surface area (Å²) in [5.74, 6) is -0.850. The predicted molar refractivity (Wildman–Crippen MR) is 88.9 cm³/mol. The van der Waals surface area contributed by atoms with E-state index in [1.165, 1.54) is 36.4 Å². The fourth-order valence-corrected chi connectivity index (χ4v) is 4.26. The van der Waals surface area contributed by atoms with Crippen LogP contribution in [0.2, 0.25) is 5.02 Å². The molecule has 6 nitrogen and oxygen atoms in total. The van der Waals surface area contributed by atoms with E-state index in [0.717, 1.165) is 0 Å². The van der Waals surface area contributed by atoms with E-state index in [4.69, 9.17) is 11.6 Å². The van der Waals surface area contributed by atoms with Crippen molar-refractivity contribution in [2.75, 3.05) is 5.75 Å². The van der Waals surface area contributed by atoms with Crippen LogP contribution in [-0.2, 0) is 9.84 Å². The van der Waals surface area contributed by atoms with Gasteiger partial charge in [-0.15, -0.1) is 0 Å². The minimum Gasteiger partial charge on any atom is -0.289 e. The first-order chi connectivity index (χ1) is 11.3. The Morgan fingerprint density at radius 3 is 2.58 bits per heavy atom. The number of nitro groups is 1. The van der Waals surface area contributed by atoms with E-state index >= 15 is 0 Å². The molecule has 24 heavy (non-hydrogen) atoms. The maximum absolute atomic E-state index is 12.5. The highest BCUT2D eigenvalue weighted by molar-refractivity contribution is 7.91. The fraction of sp³-hybridized carbons (Fsp3) is 0.0625. The molecule has 0 bridgehead atoms. The topological polar surface area (TPSA) is 94.3 Å². The molecule has 0 amide bonds. The summed E-state index contributed by atoms with van der Waals surface area (Å²) >= 11 is 5.75. The van der Waals surface area contributed by atoms with Gasteiger partial charge in [0.1, 0.15) is 5.02 Å². The van der Waals surface area contributed by atoms with Crippen molar-refractivity contribution in [2.24, 2.45) is 0 Å². The zero-order chi connectivity index (χ0) is 17.5. The van der Waals surface area contributed by atoms with E-state index in [9.17, 15) is 23.3 Å². The largest absolute Gasteiger partial charge is 0.289 e. The van der Waals surface area contributed by atoms with Gasteiger partial charge in [-0.25, -0.2) is 8.42 Å². The second-order valence-corrected chi connectivity index (χ2v) is 7.59. The zero-order valence-corrected chi connectivity index (χ0v) is 13.7. The molecule has 0 unspecified atom stereocenters. The van der Waals surface area contributed by atoms with Crippen LogP contribution in [0.4, 0.5) is 5.69 Å². The SMILES string of the molecule is O=C1/C(=C/c2ccc(Cl)c([N+](=O)[O-])c2)CS(=O)(=O)c2ccccc21. The number of hydrogen-bond acceptors (Lipinski definition) is 5. The normalized spacial score (nSPS) is 17.5. The van der Waals surface area contributed by atoms with Crippen molar-refractivity contribution in [2.45, 2.75) is 4.90 Å². The number of carbonyl (C=O) groups excluding carboxylic acids is 1. The van der Waals surface area contributed by atoms with Gasteiger partial charge in [0.05, 0.1) is 15.6 Å². The van der Waals surface area contributed by atoms with Crippen LogP contribution in [0.1, 0.15) is 15.9 Å². The zero-order valence-electron chi connectivity index (χ0n) is 12.1. The lowest BCUT2D eigenvalue weighted by molar-refractivity contribution is -0.384. The molecule has 1 aliphatic rings. The standard InChI is InChI=1S/C16H10ClNO5S/c17-13-6-5-10(8-14(13)18(20)21)7-11-9-24(22,23)15-4-2-1-3-12(15)16(11)19/h1-8H,9H2/b11-7+. The molecule has 122 valence electrons. The van der Waals surface area contributed by atoms with Gasteiger partial charge in [0, 0.05) is 17.2 Å². The number of nitro benzene ring substituents is 1. The first kappa shape index (κ1) is 16.4. The van der Waals surface area contributed by atoms with Crippen LogP contribution in [0.25, 0.3) is 6.08 Å². The van der Waals surface area contributed by atoms with Crippen molar-refractivity contribution in [3.05, 3.63) is 74.3 Å². The second kappa shape index (κ2) is 5.85. The maximum atomic E-state index is 12.5. The van der Waals surface area contributed by atoms with Crippen LogP contribution in [0, 0.1) is 10.1 Å². The van der Waals surface area contributed by atoms with Gasteiger partial charge in [-0.3, -0.25) is 14.9 Å². The van der Waals surface area contributed by atoms with Crippen molar-refractivity contribution in [1.29, 1.82) is 0 Å². The lowest BCUT2D eigenvalue weighted by atomic mass is 10.0. The Bertz CT molecular complexity index is 1010. The number of carbonyl (C=O) groups is 1. The van der Waals surface area contributed by atoms with Gasteiger partial charge < -0.3 is 0 Å². The molecule has 0 atom stereocenters. The number of halogens is 1. The molecule has 0 aromatic heterocycles. The van der Waals surface area contributed by atoms with Gasteiger partial charge in [-0.05, 0) is 29.8 Å². The quantitative estimate of drug-likeness (QED) is 0.463. The van der Waals surface area contributed by atoms with Gasteiger partial charge in [0.25, 0.3) is 5.69 Å². The summed E-state index contributed by atoms with van der Waals surface area (Å²) in [6.45, 7) is 0. The van der Waals surface area contributed by atoms with E-state index in [-0.39, 0.29) is 26.7 Å². The van der Waals surface area contributed by atoms with Crippen molar-refractivity contribution in [1.82, 2.24) is 0 Å². The average Bonchev–Trinajstić information content (AvgIpc) is 2.54. The highest BCUT2D eigenvalue weighted by atomic mass is 35.5. The number of nitrogens with zero attached hydrogens (tertiary/aromatic N) is 1. The minimum absolute atomic E-state index is 0.00855. The number of hydrogen-bond donors (Lipinski definition) is 0. The monoisotopic (exact) mass is 363 g/mol. The molecule has 2 aromatic carbocycles. The summed E-state index contributed by atoms with van der Waals surface area (Å²) in [6.07, 6.45) is 1.35. The predicted octanol–water partition coefficient (Wildman–Crippen LogP) is 3.30. The summed E-state index contributed by atoms with van der Waals surface area (Å²) in [7, 11) is -3.63. The molecule has 0 radical (unpaired) electrons. The highest BCUT2D eigenvalue weighted by Crippen LogP contribution is 2.30. The molecular formula is C16H10ClNO5S. The summed E-state index contributed by atoms with van der Waals surface area (Å²) < 4.78 is 24.7. The maximum Gasteiger partial charge on any atom is 0.288 e. The third-order valence-electron chi connectivity index (χ3n) is 3.61. The summed E-state index contributed by atoms with van der Waals surface area (Å²) in [5, 5.41) is 10.9. The molecule has 2 aromatic rings. The third-order valence-corrected chi connectivity index (χ3v) is 5.65. The Morgan fingerprint density at radius 2 is 1.88 bits per heavy atom. The summed E-state index contributed by atoms with van der Waals surface area (Å²) in [5.41, 5.74) is 0.199. The first-order valence-corrected chi connectivity index (χ1v) is 8.83. The van der Waals surface area contributed by atoms with Gasteiger partial charge >= 0.3 is 0 Å². The van der Waals surface area contributed by atoms with Crippen molar-refractivity contribution in [3.8, 4) is 0 Å². The van der Waals surface area contributed by atoms with Crippen LogP contribution in [0.3, 0.4) is 0 Å². The number of ketones is 1. The lowest BCUT2D eigenvalue weighted by Crippen LogP contribution is -2.24. The van der Waals surface area contributed by atoms with E-state index in [2.05, 4.69) is 0 Å². The second-order valence-electron chi connectivity index (χ2n) is 5.22. The fourth-order valence-electron chi connectivity index (χ4n) is 2.51. The van der Waals surface area contributed by atoms with Crippen molar-refractivity contribution in [3.63, 3.8) is 0 Å². The van der Waals surface area contributed by atoms with E-state index < -0.39 is 26.3 Å². The van der Waals surface area contributed by atoms with E-state index in [1.54, 1.807) is 12.1 Å². The molecule has 0 N–H and O–H groups in total. The molecule has 8 heteroatoms. The summed E-state index contributed by atoms with van der Waals surface area (Å²) in [6, 6.07) is 10.0. The Hall–Kier alpha value is -2.51. The Kier molecular flexibility index (Phi) is 3.98. The van der Waals surface area contributed by atoms with Crippen LogP contribution >= 0.6 is 11.6 Å². The van der Waals surface area contributed by atoms with Gasteiger partial charge in [0.15, 0.2) is 15.6 Å². The van der Waals surface area contributed by atoms with Gasteiger partial charge in [-0.1, -0.05) is 29.8 Å². The first-order valence-electron chi connectivity index (χ1n) is 6.80. The Balaban J connectivity index is 2.11. The number of sulfone groups is 1. The Morgan fingerprint density at radius 1 is 1.17 bits per heavy atom. The van der Waals surface area contributed by atoms with Crippen molar-refractivity contribution >= 4 is 39.0 Å². The van der Waals surface area contributed by atoms with Crippen LogP contribution in [0.5, 0.6) is 0 Å². The summed E-state index contributed by atoms with van der Waals surface area (Å²) in [4.78, 5) is 22.8. The average molecular weight is 364 g/mol. The molecule has 0 saturated carbocycles.